The van der Waals surface area contributed by atoms with Gasteiger partial charge in [0.2, 0.25) is 0 Å². The first-order valence-corrected chi connectivity index (χ1v) is 6.50. The normalized spacial score (nSPS) is 20.6. The zero-order valence-electron chi connectivity index (χ0n) is 11.0. The molecule has 3 rings (SSSR count). The Bertz CT molecular complexity index is 647. The molecular formula is C13H13N5O3. The van der Waals surface area contributed by atoms with Crippen molar-refractivity contribution in [1.29, 1.82) is 0 Å². The number of hydrogen-bond donors (Lipinski definition) is 2. The second kappa shape index (κ2) is 5.31. The Morgan fingerprint density at radius 2 is 1.95 bits per heavy atom. The first-order valence-electron chi connectivity index (χ1n) is 6.50. The van der Waals surface area contributed by atoms with Gasteiger partial charge < -0.3 is 10.4 Å². The van der Waals surface area contributed by atoms with Crippen molar-refractivity contribution >= 4 is 11.9 Å². The van der Waals surface area contributed by atoms with Crippen LogP contribution in [0.2, 0.25) is 0 Å². The van der Waals surface area contributed by atoms with Crippen molar-refractivity contribution in [3.8, 4) is 5.69 Å². The van der Waals surface area contributed by atoms with E-state index in [-0.39, 0.29) is 17.9 Å². The lowest BCUT2D eigenvalue weighted by Crippen LogP contribution is -2.46. The van der Waals surface area contributed by atoms with Gasteiger partial charge in [-0.2, -0.15) is 0 Å². The zero-order chi connectivity index (χ0) is 14.8. The number of rotatable bonds is 4. The van der Waals surface area contributed by atoms with Gasteiger partial charge in [0.1, 0.15) is 6.33 Å². The van der Waals surface area contributed by atoms with E-state index < -0.39 is 5.97 Å². The van der Waals surface area contributed by atoms with Crippen LogP contribution in [0.5, 0.6) is 0 Å². The maximum atomic E-state index is 12.0. The summed E-state index contributed by atoms with van der Waals surface area (Å²) in [5, 5.41) is 22.5. The minimum absolute atomic E-state index is 0.0576. The molecule has 8 heteroatoms. The number of tetrazole rings is 1. The molecule has 8 nitrogen and oxygen atoms in total. The highest BCUT2D eigenvalue weighted by atomic mass is 16.4. The number of aromatic nitrogens is 4. The quantitative estimate of drug-likeness (QED) is 0.834. The maximum Gasteiger partial charge on any atom is 0.306 e. The molecule has 1 aromatic carbocycles. The molecule has 0 unspecified atom stereocenters. The molecule has 21 heavy (non-hydrogen) atoms. The van der Waals surface area contributed by atoms with Crippen LogP contribution in [-0.4, -0.2) is 43.2 Å². The van der Waals surface area contributed by atoms with Crippen molar-refractivity contribution in [1.82, 2.24) is 25.5 Å². The molecule has 1 heterocycles. The minimum atomic E-state index is -0.800. The summed E-state index contributed by atoms with van der Waals surface area (Å²) in [5.41, 5.74) is 1.27. The van der Waals surface area contributed by atoms with Gasteiger partial charge in [-0.05, 0) is 47.5 Å². The van der Waals surface area contributed by atoms with Crippen LogP contribution in [-0.2, 0) is 4.79 Å². The highest BCUT2D eigenvalue weighted by molar-refractivity contribution is 5.94. The average molecular weight is 287 g/mol. The first-order chi connectivity index (χ1) is 10.1. The number of amides is 1. The van der Waals surface area contributed by atoms with Crippen molar-refractivity contribution in [3.63, 3.8) is 0 Å². The van der Waals surface area contributed by atoms with Gasteiger partial charge in [-0.3, -0.25) is 9.59 Å². The number of carbonyl (C=O) groups is 2. The molecule has 2 N–H and O–H groups in total. The molecule has 0 spiro atoms. The predicted octanol–water partition coefficient (Wildman–Crippen LogP) is 0.255. The first kappa shape index (κ1) is 13.2. The van der Waals surface area contributed by atoms with E-state index in [4.69, 9.17) is 5.11 Å². The number of carboxylic acids is 1. The third-order valence-corrected chi connectivity index (χ3v) is 3.57. The number of nitrogens with zero attached hydrogens (tertiary/aromatic N) is 4. The topological polar surface area (TPSA) is 110 Å². The van der Waals surface area contributed by atoms with Crippen LogP contribution in [0.3, 0.4) is 0 Å². The third kappa shape index (κ3) is 2.73. The molecule has 0 radical (unpaired) electrons. The lowest BCUT2D eigenvalue weighted by molar-refractivity contribution is -0.145. The fraction of sp³-hybridized carbons (Fsp3) is 0.308. The van der Waals surface area contributed by atoms with Crippen LogP contribution in [0.25, 0.3) is 5.69 Å². The summed E-state index contributed by atoms with van der Waals surface area (Å²) in [4.78, 5) is 22.7. The Hall–Kier alpha value is -2.77. The summed E-state index contributed by atoms with van der Waals surface area (Å²) in [7, 11) is 0. The number of hydrogen-bond acceptors (Lipinski definition) is 5. The molecule has 108 valence electrons. The van der Waals surface area contributed by atoms with Crippen LogP contribution >= 0.6 is 0 Å². The molecule has 1 aliphatic carbocycles. The smallest absolute Gasteiger partial charge is 0.306 e. The van der Waals surface area contributed by atoms with E-state index in [1.165, 1.54) is 11.0 Å². The van der Waals surface area contributed by atoms with Gasteiger partial charge in [-0.25, -0.2) is 4.68 Å². The fourth-order valence-corrected chi connectivity index (χ4v) is 2.25. The highest BCUT2D eigenvalue weighted by Gasteiger charge is 2.35. The van der Waals surface area contributed by atoms with E-state index in [1.54, 1.807) is 24.3 Å². The Balaban J connectivity index is 1.60. The van der Waals surface area contributed by atoms with Crippen molar-refractivity contribution in [3.05, 3.63) is 36.2 Å². The van der Waals surface area contributed by atoms with E-state index in [0.29, 0.717) is 18.4 Å². The summed E-state index contributed by atoms with van der Waals surface area (Å²) < 4.78 is 1.49. The summed E-state index contributed by atoms with van der Waals surface area (Å²) in [6.07, 6.45) is 2.45. The summed E-state index contributed by atoms with van der Waals surface area (Å²) in [5.74, 6) is -1.34. The van der Waals surface area contributed by atoms with Crippen molar-refractivity contribution < 1.29 is 14.7 Å². The van der Waals surface area contributed by atoms with Crippen LogP contribution in [0.1, 0.15) is 23.2 Å². The predicted molar refractivity (Wildman–Crippen MR) is 70.8 cm³/mol. The van der Waals surface area contributed by atoms with E-state index in [9.17, 15) is 9.59 Å². The molecular weight excluding hydrogens is 274 g/mol. The summed E-state index contributed by atoms with van der Waals surface area (Å²) in [6, 6.07) is 6.79. The molecule has 1 aromatic heterocycles. The Kier molecular flexibility index (Phi) is 3.35. The number of carboxylic acid groups (broad SMARTS) is 1. The summed E-state index contributed by atoms with van der Waals surface area (Å²) >= 11 is 0. The zero-order valence-corrected chi connectivity index (χ0v) is 11.0. The van der Waals surface area contributed by atoms with E-state index in [0.717, 1.165) is 5.69 Å². The molecule has 1 aliphatic rings. The SMILES string of the molecule is O=C(NC1CC(C(=O)O)C1)c1ccc(-n2cnnn2)cc1. The van der Waals surface area contributed by atoms with Crippen molar-refractivity contribution in [2.75, 3.05) is 0 Å². The fourth-order valence-electron chi connectivity index (χ4n) is 2.25. The highest BCUT2D eigenvalue weighted by Crippen LogP contribution is 2.27. The van der Waals surface area contributed by atoms with Gasteiger partial charge in [-0.1, -0.05) is 0 Å². The van der Waals surface area contributed by atoms with Crippen LogP contribution in [0.15, 0.2) is 30.6 Å². The molecule has 0 bridgehead atoms. The maximum absolute atomic E-state index is 12.0. The van der Waals surface area contributed by atoms with E-state index in [2.05, 4.69) is 20.8 Å². The molecule has 0 aliphatic heterocycles. The average Bonchev–Trinajstić information content (AvgIpc) is 2.96. The molecule has 1 fully saturated rings. The second-order valence-corrected chi connectivity index (χ2v) is 4.98. The molecule has 1 saturated carbocycles. The van der Waals surface area contributed by atoms with Gasteiger partial charge in [0, 0.05) is 11.6 Å². The second-order valence-electron chi connectivity index (χ2n) is 4.98. The van der Waals surface area contributed by atoms with Gasteiger partial charge >= 0.3 is 5.97 Å². The standard InChI is InChI=1S/C13H13N5O3/c19-12(15-10-5-9(6-10)13(20)21)8-1-3-11(4-2-8)18-7-14-16-17-18/h1-4,7,9-10H,5-6H2,(H,15,19)(H,20,21). The van der Waals surface area contributed by atoms with Crippen LogP contribution in [0.4, 0.5) is 0 Å². The molecule has 2 aromatic rings. The number of aliphatic carboxylic acids is 1. The van der Waals surface area contributed by atoms with Gasteiger partial charge in [0.25, 0.3) is 5.91 Å². The van der Waals surface area contributed by atoms with E-state index >= 15 is 0 Å². The van der Waals surface area contributed by atoms with Crippen molar-refractivity contribution in [2.45, 2.75) is 18.9 Å². The molecule has 1 amide bonds. The third-order valence-electron chi connectivity index (χ3n) is 3.57. The molecule has 0 atom stereocenters. The van der Waals surface area contributed by atoms with Gasteiger partial charge in [0.05, 0.1) is 11.6 Å². The lowest BCUT2D eigenvalue weighted by atomic mass is 9.80. The molecule has 0 saturated heterocycles. The van der Waals surface area contributed by atoms with Gasteiger partial charge in [-0.15, -0.1) is 5.10 Å². The number of carbonyl (C=O) groups excluding carboxylic acids is 1. The van der Waals surface area contributed by atoms with Crippen molar-refractivity contribution in [2.24, 2.45) is 5.92 Å². The Morgan fingerprint density at radius 3 is 2.52 bits per heavy atom. The Morgan fingerprint density at radius 1 is 1.24 bits per heavy atom. The van der Waals surface area contributed by atoms with Gasteiger partial charge in [0.15, 0.2) is 0 Å². The minimum Gasteiger partial charge on any atom is -0.481 e. The van der Waals surface area contributed by atoms with Crippen LogP contribution in [0, 0.1) is 5.92 Å². The van der Waals surface area contributed by atoms with Crippen LogP contribution < -0.4 is 5.32 Å². The largest absolute Gasteiger partial charge is 0.481 e. The number of benzene rings is 1. The van der Waals surface area contributed by atoms with E-state index in [1.807, 2.05) is 0 Å². The monoisotopic (exact) mass is 287 g/mol. The summed E-state index contributed by atoms with van der Waals surface area (Å²) in [6.45, 7) is 0. The lowest BCUT2D eigenvalue weighted by Gasteiger charge is -2.32. The number of nitrogens with one attached hydrogen (secondary N) is 1. The Labute approximate surface area is 119 Å².